The van der Waals surface area contributed by atoms with Gasteiger partial charge in [0.15, 0.2) is 0 Å². The second kappa shape index (κ2) is 12.1. The van der Waals surface area contributed by atoms with Gasteiger partial charge in [0.2, 0.25) is 11.8 Å². The van der Waals surface area contributed by atoms with E-state index in [1.807, 2.05) is 67.6 Å². The Balaban J connectivity index is 1.22. The minimum Gasteiger partial charge on any atom is -0.508 e. The van der Waals surface area contributed by atoms with Crippen LogP contribution in [-0.4, -0.2) is 33.7 Å². The first-order valence-corrected chi connectivity index (χ1v) is 18.2. The monoisotopic (exact) mass is 755 g/mol. The van der Waals surface area contributed by atoms with Gasteiger partial charge in [-0.05, 0) is 91.4 Å². The average Bonchev–Trinajstić information content (AvgIpc) is 3.53. The molecule has 52 heavy (non-hydrogen) atoms. The van der Waals surface area contributed by atoms with Crippen LogP contribution in [0.2, 0.25) is 0 Å². The molecule has 2 saturated heterocycles. The van der Waals surface area contributed by atoms with E-state index < -0.39 is 46.8 Å². The molecule has 0 bridgehead atoms. The molecule has 260 valence electrons. The summed E-state index contributed by atoms with van der Waals surface area (Å²) in [6.45, 7) is 1.97. The summed E-state index contributed by atoms with van der Waals surface area (Å²) in [7, 11) is 0. The fourth-order valence-corrected chi connectivity index (χ4v) is 9.67. The molecule has 1 saturated carbocycles. The number of halogens is 1. The molecule has 6 unspecified atom stereocenters. The number of hydrogen-bond donors (Lipinski definition) is 2. The molecule has 6 atom stereocenters. The van der Waals surface area contributed by atoms with Gasteiger partial charge in [-0.3, -0.25) is 29.5 Å². The predicted octanol–water partition coefficient (Wildman–Crippen LogP) is 7.00. The van der Waals surface area contributed by atoms with Crippen LogP contribution < -0.4 is 15.1 Å². The smallest absolute Gasteiger partial charge is 0.260 e. The van der Waals surface area contributed by atoms with Crippen molar-refractivity contribution in [2.45, 2.75) is 31.6 Å². The number of allylic oxidation sites excluding steroid dienone is 3. The van der Waals surface area contributed by atoms with Gasteiger partial charge in [-0.25, -0.2) is 0 Å². The summed E-state index contributed by atoms with van der Waals surface area (Å²) in [5.74, 6) is -4.03. The first kappa shape index (κ1) is 32.4. The third-order valence-corrected chi connectivity index (χ3v) is 12.2. The summed E-state index contributed by atoms with van der Waals surface area (Å²) in [6, 6.07) is 28.9. The summed E-state index contributed by atoms with van der Waals surface area (Å²) in [5.41, 5.74) is 6.91. The molecule has 3 fully saturated rings. The highest BCUT2D eigenvalue weighted by Gasteiger charge is 2.70. The Labute approximate surface area is 308 Å². The fraction of sp³-hybridized carbons (Fsp3) is 0.238. The topological polar surface area (TPSA) is 116 Å². The average molecular weight is 757 g/mol. The van der Waals surface area contributed by atoms with Gasteiger partial charge in [0.1, 0.15) is 11.5 Å². The second-order valence-electron chi connectivity index (χ2n) is 14.4. The maximum absolute atomic E-state index is 15.4. The zero-order valence-electron chi connectivity index (χ0n) is 28.2. The molecule has 4 aromatic carbocycles. The normalized spacial score (nSPS) is 27.6. The fourth-order valence-electron chi connectivity index (χ4n) is 9.41. The Morgan fingerprint density at radius 2 is 1.62 bits per heavy atom. The highest BCUT2D eigenvalue weighted by atomic mass is 79.9. The zero-order valence-corrected chi connectivity index (χ0v) is 29.7. The number of amides is 4. The van der Waals surface area contributed by atoms with E-state index in [0.29, 0.717) is 35.5 Å². The van der Waals surface area contributed by atoms with Crippen molar-refractivity contribution in [3.8, 4) is 11.5 Å². The number of fused-ring (bicyclic) bond motifs is 5. The van der Waals surface area contributed by atoms with Crippen LogP contribution in [0.3, 0.4) is 0 Å². The number of phenols is 1. The summed E-state index contributed by atoms with van der Waals surface area (Å²) in [5, 5.41) is 11.6. The van der Waals surface area contributed by atoms with Gasteiger partial charge >= 0.3 is 0 Å². The zero-order chi connectivity index (χ0) is 35.9. The number of hydrazine groups is 1. The van der Waals surface area contributed by atoms with Gasteiger partial charge in [0.25, 0.3) is 11.8 Å². The molecule has 3 heterocycles. The Morgan fingerprint density at radius 3 is 2.37 bits per heavy atom. The lowest BCUT2D eigenvalue weighted by Gasteiger charge is -2.51. The van der Waals surface area contributed by atoms with Gasteiger partial charge in [-0.2, -0.15) is 5.01 Å². The van der Waals surface area contributed by atoms with Crippen molar-refractivity contribution in [1.82, 2.24) is 5.01 Å². The third-order valence-electron chi connectivity index (χ3n) is 11.6. The van der Waals surface area contributed by atoms with E-state index in [2.05, 4.69) is 21.4 Å². The lowest BCUT2D eigenvalue weighted by atomic mass is 9.48. The first-order valence-electron chi connectivity index (χ1n) is 17.4. The highest BCUT2D eigenvalue weighted by molar-refractivity contribution is 9.10. The van der Waals surface area contributed by atoms with E-state index in [9.17, 15) is 19.5 Å². The summed E-state index contributed by atoms with van der Waals surface area (Å²) in [4.78, 5) is 60.1. The van der Waals surface area contributed by atoms with Crippen molar-refractivity contribution < 1.29 is 29.0 Å². The number of aromatic hydroxyl groups is 1. The quantitative estimate of drug-likeness (QED) is 0.167. The largest absolute Gasteiger partial charge is 0.508 e. The number of nitrogens with one attached hydrogen (secondary N) is 1. The molecular weight excluding hydrogens is 722 g/mol. The molecule has 5 aliphatic rings. The third kappa shape index (κ3) is 4.73. The number of anilines is 2. The number of imide groups is 2. The van der Waals surface area contributed by atoms with Crippen LogP contribution in [-0.2, 0) is 31.0 Å². The van der Waals surface area contributed by atoms with E-state index in [0.717, 1.165) is 31.8 Å². The Hall–Kier alpha value is -5.48. The molecular formula is C42H34BrN3O6. The van der Waals surface area contributed by atoms with Crippen molar-refractivity contribution in [3.63, 3.8) is 0 Å². The van der Waals surface area contributed by atoms with E-state index >= 15 is 4.79 Å². The molecule has 10 heteroatoms. The van der Waals surface area contributed by atoms with Crippen molar-refractivity contribution in [3.05, 3.63) is 142 Å². The van der Waals surface area contributed by atoms with Crippen molar-refractivity contribution in [2.24, 2.45) is 29.6 Å². The minimum absolute atomic E-state index is 0.0872. The highest BCUT2D eigenvalue weighted by Crippen LogP contribution is 2.63. The van der Waals surface area contributed by atoms with Gasteiger partial charge in [-0.1, -0.05) is 75.6 Å². The molecule has 2 aliphatic carbocycles. The van der Waals surface area contributed by atoms with E-state index in [-0.39, 0.29) is 24.0 Å². The summed E-state index contributed by atoms with van der Waals surface area (Å²) < 4.78 is 7.03. The molecule has 4 amide bonds. The molecule has 9 nitrogen and oxygen atoms in total. The maximum atomic E-state index is 15.4. The number of aryl methyl sites for hydroxylation is 1. The minimum atomic E-state index is -1.40. The van der Waals surface area contributed by atoms with E-state index in [4.69, 9.17) is 4.74 Å². The number of nitrogens with zero attached hydrogens (tertiary/aromatic N) is 2. The van der Waals surface area contributed by atoms with E-state index in [1.54, 1.807) is 48.7 Å². The van der Waals surface area contributed by atoms with Crippen LogP contribution in [0.25, 0.3) is 0 Å². The molecule has 2 N–H and O–H groups in total. The van der Waals surface area contributed by atoms with Crippen LogP contribution in [0.4, 0.5) is 11.4 Å². The number of phenolic OH excluding ortho intramolecular Hbond substituents is 1. The molecule has 4 aromatic rings. The van der Waals surface area contributed by atoms with Crippen LogP contribution in [0.5, 0.6) is 11.5 Å². The summed E-state index contributed by atoms with van der Waals surface area (Å²) in [6.07, 6.45) is 4.58. The molecule has 0 radical (unpaired) electrons. The second-order valence-corrected chi connectivity index (χ2v) is 15.3. The van der Waals surface area contributed by atoms with Crippen molar-refractivity contribution in [2.75, 3.05) is 10.3 Å². The lowest BCUT2D eigenvalue weighted by Crippen LogP contribution is -2.55. The van der Waals surface area contributed by atoms with Crippen molar-refractivity contribution >= 4 is 50.9 Å². The lowest BCUT2D eigenvalue weighted by molar-refractivity contribution is -0.139. The van der Waals surface area contributed by atoms with Gasteiger partial charge < -0.3 is 9.84 Å². The summed E-state index contributed by atoms with van der Waals surface area (Å²) >= 11 is 3.44. The number of carbonyl (C=O) groups excluding carboxylic acids is 4. The van der Waals surface area contributed by atoms with E-state index in [1.165, 1.54) is 4.90 Å². The number of hydrogen-bond acceptors (Lipinski definition) is 7. The van der Waals surface area contributed by atoms with Crippen LogP contribution in [0.1, 0.15) is 29.5 Å². The van der Waals surface area contributed by atoms with Crippen LogP contribution in [0.15, 0.2) is 125 Å². The number of carbonyl (C=O) groups is 4. The van der Waals surface area contributed by atoms with Crippen molar-refractivity contribution in [1.29, 1.82) is 0 Å². The molecule has 0 aromatic heterocycles. The molecule has 0 spiro atoms. The van der Waals surface area contributed by atoms with Gasteiger partial charge in [0.05, 0.1) is 40.8 Å². The van der Waals surface area contributed by atoms with Gasteiger partial charge in [-0.15, -0.1) is 0 Å². The Kier molecular flexibility index (Phi) is 7.52. The SMILES string of the molecule is Cc1ccc(NN2C(=O)C3CC4C(=CCC5C(=O)N(c6ccc(Br)cc6)C(=O)C54)C(C4=COc5ccc(O)cc5C4)C3(c3ccccc3)C2=O)cc1. The predicted molar refractivity (Wildman–Crippen MR) is 197 cm³/mol. The number of benzene rings is 4. The van der Waals surface area contributed by atoms with Crippen LogP contribution >= 0.6 is 15.9 Å². The standard InChI is InChI=1S/C42H34BrN3O6/c1-23-7-11-28(12-8-23)44-46-39(49)34-21-33-31(16-17-32-36(33)40(50)45(38(32)48)29-13-9-27(43)10-14-29)37(42(34,41(46)51)26-5-3-2-4-6-26)25-19-24-20-30(47)15-18-35(24)52-22-25/h2-16,18,20,22,32-34,36-37,44,47H,17,19,21H2,1H3. The Morgan fingerprint density at radius 1 is 0.865 bits per heavy atom. The first-order chi connectivity index (χ1) is 25.2. The maximum Gasteiger partial charge on any atom is 0.260 e. The van der Waals surface area contributed by atoms with Gasteiger partial charge in [0, 0.05) is 22.4 Å². The molecule has 9 rings (SSSR count). The Bertz CT molecular complexity index is 2230. The van der Waals surface area contributed by atoms with Crippen LogP contribution in [0, 0.1) is 36.5 Å². The number of ether oxygens (including phenoxy) is 1. The number of rotatable bonds is 5. The molecule has 3 aliphatic heterocycles.